The monoisotopic (exact) mass is 381 g/mol. The highest BCUT2D eigenvalue weighted by molar-refractivity contribution is 6.02. The molecule has 1 aliphatic rings. The summed E-state index contributed by atoms with van der Waals surface area (Å²) in [6.07, 6.45) is 3.92. The van der Waals surface area contributed by atoms with Gasteiger partial charge in [0.1, 0.15) is 5.75 Å². The van der Waals surface area contributed by atoms with Crippen LogP contribution in [-0.2, 0) is 0 Å². The predicted octanol–water partition coefficient (Wildman–Crippen LogP) is 4.55. The van der Waals surface area contributed by atoms with Gasteiger partial charge in [-0.25, -0.2) is 0 Å². The SMILES string of the molecule is CN1CCCC(COc2ccc(N=Cc3c(O)n(F)c4ccccc34)cc2)C1. The van der Waals surface area contributed by atoms with E-state index < -0.39 is 5.88 Å². The fraction of sp³-hybridized carbons (Fsp3) is 0.318. The van der Waals surface area contributed by atoms with E-state index in [0.29, 0.717) is 28.1 Å². The number of likely N-dealkylation sites (tertiary alicyclic amines) is 1. The summed E-state index contributed by atoms with van der Waals surface area (Å²) in [6.45, 7) is 2.96. The van der Waals surface area contributed by atoms with Crippen molar-refractivity contribution in [3.63, 3.8) is 0 Å². The molecule has 146 valence electrons. The summed E-state index contributed by atoms with van der Waals surface area (Å²) in [7, 11) is 2.15. The molecule has 1 atom stereocenters. The summed E-state index contributed by atoms with van der Waals surface area (Å²) in [6, 6.07) is 14.4. The van der Waals surface area contributed by atoms with Crippen molar-refractivity contribution in [1.29, 1.82) is 0 Å². The molecule has 0 aliphatic carbocycles. The lowest BCUT2D eigenvalue weighted by atomic mass is 10.00. The molecule has 2 aromatic carbocycles. The minimum Gasteiger partial charge on any atom is -0.493 e. The van der Waals surface area contributed by atoms with Crippen molar-refractivity contribution in [2.45, 2.75) is 12.8 Å². The number of halogens is 1. The second kappa shape index (κ2) is 8.02. The largest absolute Gasteiger partial charge is 0.493 e. The van der Waals surface area contributed by atoms with Gasteiger partial charge in [0.05, 0.1) is 23.4 Å². The maximum atomic E-state index is 14.0. The highest BCUT2D eigenvalue weighted by Gasteiger charge is 2.17. The number of aromatic hydroxyl groups is 1. The van der Waals surface area contributed by atoms with Gasteiger partial charge >= 0.3 is 0 Å². The number of fused-ring (bicyclic) bond motifs is 1. The molecule has 1 fully saturated rings. The van der Waals surface area contributed by atoms with Crippen LogP contribution >= 0.6 is 0 Å². The first-order chi connectivity index (χ1) is 13.6. The van der Waals surface area contributed by atoms with E-state index in [1.807, 2.05) is 24.3 Å². The average Bonchev–Trinajstić information content (AvgIpc) is 2.96. The van der Waals surface area contributed by atoms with Crippen LogP contribution in [0.25, 0.3) is 10.9 Å². The molecule has 0 saturated carbocycles. The Bertz CT molecular complexity index is 981. The summed E-state index contributed by atoms with van der Waals surface area (Å²) in [5.41, 5.74) is 1.39. The van der Waals surface area contributed by atoms with E-state index in [1.165, 1.54) is 25.6 Å². The maximum Gasteiger partial charge on any atom is 0.230 e. The Morgan fingerprint density at radius 2 is 2.00 bits per heavy atom. The Kier molecular flexibility index (Phi) is 5.30. The highest BCUT2D eigenvalue weighted by Crippen LogP contribution is 2.30. The number of piperidine rings is 1. The molecule has 5 nitrogen and oxygen atoms in total. The zero-order valence-electron chi connectivity index (χ0n) is 15.9. The number of hydrogen-bond acceptors (Lipinski definition) is 4. The van der Waals surface area contributed by atoms with E-state index >= 15 is 0 Å². The third-order valence-corrected chi connectivity index (χ3v) is 5.22. The van der Waals surface area contributed by atoms with E-state index in [4.69, 9.17) is 4.74 Å². The number of rotatable bonds is 5. The Labute approximate surface area is 163 Å². The first-order valence-electron chi connectivity index (χ1n) is 9.56. The van der Waals surface area contributed by atoms with Gasteiger partial charge in [0, 0.05) is 24.1 Å². The van der Waals surface area contributed by atoms with Crippen LogP contribution in [-0.4, -0.2) is 47.8 Å². The number of aromatic nitrogens is 1. The Morgan fingerprint density at radius 3 is 2.79 bits per heavy atom. The molecule has 28 heavy (non-hydrogen) atoms. The van der Waals surface area contributed by atoms with Crippen molar-refractivity contribution in [2.75, 3.05) is 26.7 Å². The summed E-state index contributed by atoms with van der Waals surface area (Å²) >= 11 is 0. The van der Waals surface area contributed by atoms with E-state index in [-0.39, 0.29) is 4.79 Å². The normalized spacial score (nSPS) is 18.1. The number of nitrogens with zero attached hydrogens (tertiary/aromatic N) is 3. The standard InChI is InChI=1S/C22H24FN3O2/c1-25-12-4-5-16(14-25)15-28-18-10-8-17(9-11-18)24-13-20-19-6-2-3-7-21(19)26(23)22(20)27/h2-3,6-11,13,16,27H,4-5,12,14-15H2,1H3. The number of ether oxygens (including phenoxy) is 1. The quantitative estimate of drug-likeness (QED) is 0.660. The summed E-state index contributed by atoms with van der Waals surface area (Å²) in [5, 5.41) is 10.6. The van der Waals surface area contributed by atoms with Crippen LogP contribution in [0.3, 0.4) is 0 Å². The van der Waals surface area contributed by atoms with Crippen LogP contribution in [0.4, 0.5) is 10.2 Å². The van der Waals surface area contributed by atoms with Crippen molar-refractivity contribution in [2.24, 2.45) is 10.9 Å². The second-order valence-corrected chi connectivity index (χ2v) is 7.37. The second-order valence-electron chi connectivity index (χ2n) is 7.37. The lowest BCUT2D eigenvalue weighted by Crippen LogP contribution is -2.34. The van der Waals surface area contributed by atoms with Crippen molar-refractivity contribution < 1.29 is 14.3 Å². The third-order valence-electron chi connectivity index (χ3n) is 5.22. The number of benzene rings is 2. The van der Waals surface area contributed by atoms with Crippen LogP contribution in [0, 0.1) is 5.92 Å². The van der Waals surface area contributed by atoms with Gasteiger partial charge in [-0.3, -0.25) is 4.99 Å². The van der Waals surface area contributed by atoms with Gasteiger partial charge in [0.15, 0.2) is 0 Å². The van der Waals surface area contributed by atoms with E-state index in [2.05, 4.69) is 16.9 Å². The molecule has 2 heterocycles. The lowest BCUT2D eigenvalue weighted by molar-refractivity contribution is 0.150. The first-order valence-corrected chi connectivity index (χ1v) is 9.56. The molecule has 1 aliphatic heterocycles. The van der Waals surface area contributed by atoms with Crippen LogP contribution in [0.1, 0.15) is 18.4 Å². The number of para-hydroxylation sites is 1. The van der Waals surface area contributed by atoms with Crippen LogP contribution in [0.15, 0.2) is 53.5 Å². The molecular weight excluding hydrogens is 357 g/mol. The van der Waals surface area contributed by atoms with Crippen molar-refractivity contribution >= 4 is 22.8 Å². The Balaban J connectivity index is 1.43. The van der Waals surface area contributed by atoms with Crippen molar-refractivity contribution in [3.8, 4) is 11.6 Å². The van der Waals surface area contributed by atoms with Crippen LogP contribution in [0.2, 0.25) is 0 Å². The van der Waals surface area contributed by atoms with E-state index in [1.54, 1.807) is 24.3 Å². The van der Waals surface area contributed by atoms with Gasteiger partial charge < -0.3 is 14.7 Å². The summed E-state index contributed by atoms with van der Waals surface area (Å²) in [5.74, 6) is 0.940. The molecule has 1 N–H and O–H groups in total. The fourth-order valence-corrected chi connectivity index (χ4v) is 3.73. The lowest BCUT2D eigenvalue weighted by Gasteiger charge is -2.29. The zero-order chi connectivity index (χ0) is 19.5. The molecule has 6 heteroatoms. The molecule has 0 bridgehead atoms. The van der Waals surface area contributed by atoms with Gasteiger partial charge in [0.25, 0.3) is 0 Å². The molecule has 3 aromatic rings. The summed E-state index contributed by atoms with van der Waals surface area (Å²) < 4.78 is 20.0. The van der Waals surface area contributed by atoms with Gasteiger partial charge in [-0.1, -0.05) is 22.7 Å². The Hall–Kier alpha value is -2.86. The molecule has 1 saturated heterocycles. The van der Waals surface area contributed by atoms with Gasteiger partial charge in [-0.2, -0.15) is 0 Å². The van der Waals surface area contributed by atoms with Gasteiger partial charge in [-0.15, -0.1) is 4.79 Å². The molecule has 0 amide bonds. The fourth-order valence-electron chi connectivity index (χ4n) is 3.73. The topological polar surface area (TPSA) is 50.0 Å². The molecule has 4 rings (SSSR count). The third kappa shape index (κ3) is 3.87. The smallest absolute Gasteiger partial charge is 0.230 e. The zero-order valence-corrected chi connectivity index (χ0v) is 15.9. The summed E-state index contributed by atoms with van der Waals surface area (Å²) in [4.78, 5) is 7.00. The van der Waals surface area contributed by atoms with Crippen molar-refractivity contribution in [1.82, 2.24) is 9.69 Å². The highest BCUT2D eigenvalue weighted by atomic mass is 19.2. The minimum atomic E-state index is -0.442. The molecule has 1 unspecified atom stereocenters. The van der Waals surface area contributed by atoms with E-state index in [0.717, 1.165) is 18.9 Å². The maximum absolute atomic E-state index is 14.0. The molecular formula is C22H24FN3O2. The number of hydrogen-bond donors (Lipinski definition) is 1. The van der Waals surface area contributed by atoms with E-state index in [9.17, 15) is 9.59 Å². The average molecular weight is 381 g/mol. The number of aliphatic imine (C=N–C) groups is 1. The van der Waals surface area contributed by atoms with Gasteiger partial charge in [-0.05, 0) is 56.8 Å². The first kappa shape index (κ1) is 18.5. The molecule has 0 spiro atoms. The van der Waals surface area contributed by atoms with Crippen LogP contribution < -0.4 is 4.74 Å². The molecule has 0 radical (unpaired) electrons. The van der Waals surface area contributed by atoms with Gasteiger partial charge in [0.2, 0.25) is 5.88 Å². The Morgan fingerprint density at radius 1 is 1.21 bits per heavy atom. The van der Waals surface area contributed by atoms with Crippen molar-refractivity contribution in [3.05, 3.63) is 54.1 Å². The minimum absolute atomic E-state index is 0.274. The molecule has 1 aromatic heterocycles. The van der Waals surface area contributed by atoms with Crippen LogP contribution in [0.5, 0.6) is 11.6 Å². The predicted molar refractivity (Wildman–Crippen MR) is 110 cm³/mol.